The molecule has 0 spiro atoms. The highest BCUT2D eigenvalue weighted by Gasteiger charge is 2.28. The molecule has 0 bridgehead atoms. The molecule has 2 atom stereocenters. The Hall–Kier alpha value is -2.50. The van der Waals surface area contributed by atoms with E-state index in [4.69, 9.17) is 9.47 Å². The number of carbonyl (C=O) groups excluding carboxylic acids is 1. The molecular formula is C16H19N3O3. The number of rotatable bonds is 4. The zero-order chi connectivity index (χ0) is 15.5. The molecule has 1 amide bonds. The van der Waals surface area contributed by atoms with E-state index in [1.807, 2.05) is 18.2 Å². The van der Waals surface area contributed by atoms with Crippen LogP contribution in [0.15, 0.2) is 36.5 Å². The number of nitrogens with one attached hydrogen (secondary N) is 1. The summed E-state index contributed by atoms with van der Waals surface area (Å²) in [5, 5.41) is 7.11. The Morgan fingerprint density at radius 2 is 2.18 bits per heavy atom. The lowest BCUT2D eigenvalue weighted by Crippen LogP contribution is -2.40. The second-order valence-electron chi connectivity index (χ2n) is 5.27. The van der Waals surface area contributed by atoms with Gasteiger partial charge in [-0.25, -0.2) is 4.68 Å². The normalized spacial score (nSPS) is 17.8. The number of carbonyl (C=O) groups is 1. The van der Waals surface area contributed by atoms with Crippen molar-refractivity contribution in [1.82, 2.24) is 9.78 Å². The first-order chi connectivity index (χ1) is 10.7. The number of aromatic nitrogens is 2. The summed E-state index contributed by atoms with van der Waals surface area (Å²) in [7, 11) is 0. The van der Waals surface area contributed by atoms with Crippen LogP contribution in [-0.2, 0) is 4.79 Å². The lowest BCUT2D eigenvalue weighted by atomic mass is 10.2. The summed E-state index contributed by atoms with van der Waals surface area (Å²) in [6, 6.07) is 9.32. The van der Waals surface area contributed by atoms with Gasteiger partial charge in [-0.15, -0.1) is 0 Å². The molecule has 2 unspecified atom stereocenters. The number of para-hydroxylation sites is 2. The highest BCUT2D eigenvalue weighted by Crippen LogP contribution is 2.31. The summed E-state index contributed by atoms with van der Waals surface area (Å²) in [5.41, 5.74) is 0. The number of amides is 1. The van der Waals surface area contributed by atoms with Gasteiger partial charge in [-0.1, -0.05) is 19.1 Å². The molecule has 0 fully saturated rings. The van der Waals surface area contributed by atoms with Crippen molar-refractivity contribution in [2.75, 3.05) is 11.9 Å². The van der Waals surface area contributed by atoms with E-state index < -0.39 is 6.10 Å². The number of anilines is 1. The number of ether oxygens (including phenoxy) is 2. The predicted molar refractivity (Wildman–Crippen MR) is 82.2 cm³/mol. The Labute approximate surface area is 129 Å². The maximum absolute atomic E-state index is 12.4. The molecule has 0 radical (unpaired) electrons. The van der Waals surface area contributed by atoms with Gasteiger partial charge >= 0.3 is 0 Å². The van der Waals surface area contributed by atoms with Crippen LogP contribution in [-0.4, -0.2) is 28.4 Å². The summed E-state index contributed by atoms with van der Waals surface area (Å²) in [4.78, 5) is 12.4. The summed E-state index contributed by atoms with van der Waals surface area (Å²) in [6.45, 7) is 4.33. The summed E-state index contributed by atoms with van der Waals surface area (Å²) < 4.78 is 13.1. The van der Waals surface area contributed by atoms with Gasteiger partial charge in [-0.2, -0.15) is 5.10 Å². The quantitative estimate of drug-likeness (QED) is 0.943. The minimum absolute atomic E-state index is 0.195. The first kappa shape index (κ1) is 14.4. The second-order valence-corrected chi connectivity index (χ2v) is 5.27. The molecule has 0 saturated carbocycles. The highest BCUT2D eigenvalue weighted by molar-refractivity contribution is 5.94. The third-order valence-electron chi connectivity index (χ3n) is 3.73. The summed E-state index contributed by atoms with van der Waals surface area (Å²) in [5.74, 6) is 1.68. The van der Waals surface area contributed by atoms with E-state index in [1.165, 1.54) is 0 Å². The molecule has 1 aliphatic rings. The molecule has 22 heavy (non-hydrogen) atoms. The van der Waals surface area contributed by atoms with Crippen LogP contribution < -0.4 is 14.8 Å². The van der Waals surface area contributed by atoms with Crippen LogP contribution in [0.4, 0.5) is 5.82 Å². The fourth-order valence-corrected chi connectivity index (χ4v) is 2.29. The van der Waals surface area contributed by atoms with Gasteiger partial charge in [0.2, 0.25) is 6.10 Å². The predicted octanol–water partition coefficient (Wildman–Crippen LogP) is 2.63. The molecule has 2 aromatic rings. The number of hydrogen-bond donors (Lipinski definition) is 1. The maximum atomic E-state index is 12.4. The molecule has 116 valence electrons. The molecule has 1 aromatic carbocycles. The van der Waals surface area contributed by atoms with Gasteiger partial charge < -0.3 is 14.8 Å². The van der Waals surface area contributed by atoms with Crippen molar-refractivity contribution in [2.24, 2.45) is 0 Å². The van der Waals surface area contributed by atoms with Gasteiger partial charge in [-0.3, -0.25) is 4.79 Å². The van der Waals surface area contributed by atoms with Crippen molar-refractivity contribution in [2.45, 2.75) is 32.4 Å². The van der Waals surface area contributed by atoms with Gasteiger partial charge in [0.15, 0.2) is 11.5 Å². The Balaban J connectivity index is 1.70. The minimum Gasteiger partial charge on any atom is -0.485 e. The van der Waals surface area contributed by atoms with E-state index in [0.717, 1.165) is 6.42 Å². The fourth-order valence-electron chi connectivity index (χ4n) is 2.29. The highest BCUT2D eigenvalue weighted by atomic mass is 16.6. The van der Waals surface area contributed by atoms with E-state index in [1.54, 1.807) is 23.0 Å². The van der Waals surface area contributed by atoms with E-state index in [-0.39, 0.29) is 18.6 Å². The van der Waals surface area contributed by atoms with E-state index in [2.05, 4.69) is 24.3 Å². The monoisotopic (exact) mass is 301 g/mol. The van der Waals surface area contributed by atoms with Crippen LogP contribution in [0.5, 0.6) is 11.5 Å². The van der Waals surface area contributed by atoms with Gasteiger partial charge in [-0.05, 0) is 25.5 Å². The Morgan fingerprint density at radius 1 is 1.41 bits per heavy atom. The van der Waals surface area contributed by atoms with Crippen LogP contribution in [0.25, 0.3) is 0 Å². The molecule has 3 rings (SSSR count). The maximum Gasteiger partial charge on any atom is 0.270 e. The van der Waals surface area contributed by atoms with Crippen LogP contribution in [0.3, 0.4) is 0 Å². The van der Waals surface area contributed by atoms with Gasteiger partial charge in [0.1, 0.15) is 12.4 Å². The molecule has 6 nitrogen and oxygen atoms in total. The van der Waals surface area contributed by atoms with Crippen molar-refractivity contribution in [3.63, 3.8) is 0 Å². The average molecular weight is 301 g/mol. The number of fused-ring (bicyclic) bond motifs is 1. The van der Waals surface area contributed by atoms with Crippen LogP contribution in [0, 0.1) is 0 Å². The Bertz CT molecular complexity index is 668. The first-order valence-electron chi connectivity index (χ1n) is 7.42. The van der Waals surface area contributed by atoms with E-state index >= 15 is 0 Å². The summed E-state index contributed by atoms with van der Waals surface area (Å²) >= 11 is 0. The van der Waals surface area contributed by atoms with Crippen LogP contribution in [0.1, 0.15) is 26.3 Å². The second kappa shape index (κ2) is 6.09. The lowest BCUT2D eigenvalue weighted by Gasteiger charge is -2.25. The molecular weight excluding hydrogens is 282 g/mol. The SMILES string of the molecule is CCC(C)n1nccc1NC(=O)C1COc2ccccc2O1. The van der Waals surface area contributed by atoms with Crippen LogP contribution in [0.2, 0.25) is 0 Å². The minimum atomic E-state index is -0.671. The van der Waals surface area contributed by atoms with E-state index in [0.29, 0.717) is 17.3 Å². The van der Waals surface area contributed by atoms with Gasteiger partial charge in [0.25, 0.3) is 5.91 Å². The lowest BCUT2D eigenvalue weighted by molar-refractivity contribution is -0.125. The standard InChI is InChI=1S/C16H19N3O3/c1-3-11(2)19-15(8-9-17-19)18-16(20)14-10-21-12-6-4-5-7-13(12)22-14/h4-9,11,14H,3,10H2,1-2H3,(H,18,20). The third-order valence-corrected chi connectivity index (χ3v) is 3.73. The van der Waals surface area contributed by atoms with E-state index in [9.17, 15) is 4.79 Å². The average Bonchev–Trinajstić information content (AvgIpc) is 3.01. The molecule has 0 saturated heterocycles. The molecule has 0 aliphatic carbocycles. The topological polar surface area (TPSA) is 65.4 Å². The largest absolute Gasteiger partial charge is 0.485 e. The van der Waals surface area contributed by atoms with Gasteiger partial charge in [0, 0.05) is 6.07 Å². The van der Waals surface area contributed by atoms with Crippen LogP contribution >= 0.6 is 0 Å². The molecule has 6 heteroatoms. The zero-order valence-electron chi connectivity index (χ0n) is 12.7. The zero-order valence-corrected chi connectivity index (χ0v) is 12.7. The molecule has 1 aromatic heterocycles. The molecule has 1 aliphatic heterocycles. The third kappa shape index (κ3) is 2.77. The fraction of sp³-hybridized carbons (Fsp3) is 0.375. The number of nitrogens with zero attached hydrogens (tertiary/aromatic N) is 2. The first-order valence-corrected chi connectivity index (χ1v) is 7.42. The van der Waals surface area contributed by atoms with Crippen molar-refractivity contribution < 1.29 is 14.3 Å². The molecule has 1 N–H and O–H groups in total. The molecule has 2 heterocycles. The van der Waals surface area contributed by atoms with Crippen molar-refractivity contribution in [1.29, 1.82) is 0 Å². The number of benzene rings is 1. The van der Waals surface area contributed by atoms with Crippen molar-refractivity contribution >= 4 is 11.7 Å². The van der Waals surface area contributed by atoms with Crippen molar-refractivity contribution in [3.8, 4) is 11.5 Å². The Morgan fingerprint density at radius 3 is 2.95 bits per heavy atom. The smallest absolute Gasteiger partial charge is 0.270 e. The van der Waals surface area contributed by atoms with Gasteiger partial charge in [0.05, 0.1) is 12.2 Å². The Kier molecular flexibility index (Phi) is 4.00. The summed E-state index contributed by atoms with van der Waals surface area (Å²) in [6.07, 6.45) is 1.94. The van der Waals surface area contributed by atoms with Crippen molar-refractivity contribution in [3.05, 3.63) is 36.5 Å². The number of hydrogen-bond acceptors (Lipinski definition) is 4.